The van der Waals surface area contributed by atoms with Gasteiger partial charge in [0.2, 0.25) is 5.91 Å². The van der Waals surface area contributed by atoms with Gasteiger partial charge in [0.25, 0.3) is 0 Å². The van der Waals surface area contributed by atoms with E-state index in [9.17, 15) is 9.90 Å². The van der Waals surface area contributed by atoms with Crippen LogP contribution < -0.4 is 5.32 Å². The lowest BCUT2D eigenvalue weighted by molar-refractivity contribution is -0.117. The summed E-state index contributed by atoms with van der Waals surface area (Å²) < 4.78 is 0. The molecule has 0 aromatic heterocycles. The number of nitrogens with one attached hydrogen (secondary N) is 1. The third-order valence-corrected chi connectivity index (χ3v) is 2.93. The summed E-state index contributed by atoms with van der Waals surface area (Å²) in [5, 5.41) is 21.6. The molecule has 0 saturated carbocycles. The van der Waals surface area contributed by atoms with Crippen molar-refractivity contribution in [3.63, 3.8) is 0 Å². The maximum atomic E-state index is 11.7. The van der Waals surface area contributed by atoms with Crippen molar-refractivity contribution in [2.45, 2.75) is 32.8 Å². The van der Waals surface area contributed by atoms with Crippen LogP contribution in [-0.2, 0) is 4.79 Å². The molecule has 0 heterocycles. The first-order valence-electron chi connectivity index (χ1n) is 7.01. The molecule has 1 atom stereocenters. The molecule has 1 aromatic carbocycles. The third-order valence-electron chi connectivity index (χ3n) is 2.93. The fourth-order valence-electron chi connectivity index (χ4n) is 2.17. The minimum Gasteiger partial charge on any atom is -0.388 e. The van der Waals surface area contributed by atoms with E-state index in [1.807, 2.05) is 19.9 Å². The van der Waals surface area contributed by atoms with Crippen LogP contribution in [0.15, 0.2) is 30.3 Å². The smallest absolute Gasteiger partial charge is 0.244 e. The molecule has 2 N–H and O–H groups in total. The Balaban J connectivity index is 2.53. The number of rotatable bonds is 6. The molecule has 21 heavy (non-hydrogen) atoms. The highest BCUT2D eigenvalue weighted by atomic mass is 16.3. The monoisotopic (exact) mass is 286 g/mol. The Morgan fingerprint density at radius 2 is 2.24 bits per heavy atom. The number of nitrogens with zero attached hydrogens (tertiary/aromatic N) is 1. The molecule has 0 aliphatic carbocycles. The Labute approximate surface area is 126 Å². The fourth-order valence-corrected chi connectivity index (χ4v) is 2.17. The van der Waals surface area contributed by atoms with Crippen LogP contribution in [0.3, 0.4) is 0 Å². The van der Waals surface area contributed by atoms with E-state index in [2.05, 4.69) is 11.4 Å². The molecule has 112 valence electrons. The van der Waals surface area contributed by atoms with Gasteiger partial charge in [-0.1, -0.05) is 26.0 Å². The topological polar surface area (TPSA) is 73.1 Å². The second kappa shape index (κ2) is 7.61. The average Bonchev–Trinajstić information content (AvgIpc) is 2.42. The van der Waals surface area contributed by atoms with Crippen LogP contribution in [0, 0.1) is 17.2 Å². The number of amides is 1. The summed E-state index contributed by atoms with van der Waals surface area (Å²) in [5.41, 5.74) is 0.439. The summed E-state index contributed by atoms with van der Waals surface area (Å²) in [5.74, 6) is 0.0996. The lowest BCUT2D eigenvalue weighted by atomic mass is 9.94. The summed E-state index contributed by atoms with van der Waals surface area (Å²) in [6.45, 7) is 5.98. The zero-order valence-electron chi connectivity index (χ0n) is 12.8. The van der Waals surface area contributed by atoms with Crippen LogP contribution in [0.5, 0.6) is 0 Å². The van der Waals surface area contributed by atoms with Crippen molar-refractivity contribution in [1.29, 1.82) is 5.26 Å². The Hall–Kier alpha value is -2.12. The van der Waals surface area contributed by atoms with E-state index in [-0.39, 0.29) is 12.5 Å². The SMILES string of the molecule is CC(C)CC(C)(O)CNC(=O)C=Cc1cccc(C#N)c1. The van der Waals surface area contributed by atoms with E-state index >= 15 is 0 Å². The van der Waals surface area contributed by atoms with E-state index in [0.717, 1.165) is 5.56 Å². The molecule has 1 unspecified atom stereocenters. The Bertz CT molecular complexity index is 554. The van der Waals surface area contributed by atoms with Gasteiger partial charge in [-0.2, -0.15) is 5.26 Å². The van der Waals surface area contributed by atoms with Crippen molar-refractivity contribution < 1.29 is 9.90 Å². The highest BCUT2D eigenvalue weighted by molar-refractivity contribution is 5.91. The van der Waals surface area contributed by atoms with E-state index < -0.39 is 5.60 Å². The number of hydrogen-bond donors (Lipinski definition) is 2. The van der Waals surface area contributed by atoms with Crippen molar-refractivity contribution in [3.8, 4) is 6.07 Å². The summed E-state index contributed by atoms with van der Waals surface area (Å²) in [4.78, 5) is 11.7. The fraction of sp³-hybridized carbons (Fsp3) is 0.412. The lowest BCUT2D eigenvalue weighted by Crippen LogP contribution is -2.40. The molecule has 0 saturated heterocycles. The van der Waals surface area contributed by atoms with Gasteiger partial charge in [0.05, 0.1) is 17.2 Å². The van der Waals surface area contributed by atoms with Crippen LogP contribution >= 0.6 is 0 Å². The van der Waals surface area contributed by atoms with Gasteiger partial charge >= 0.3 is 0 Å². The second-order valence-corrected chi connectivity index (χ2v) is 5.88. The van der Waals surface area contributed by atoms with Crippen molar-refractivity contribution in [2.75, 3.05) is 6.54 Å². The summed E-state index contributed by atoms with van der Waals surface area (Å²) >= 11 is 0. The summed E-state index contributed by atoms with van der Waals surface area (Å²) in [6, 6.07) is 9.05. The number of benzene rings is 1. The standard InChI is InChI=1S/C17H22N2O2/c1-13(2)10-17(3,21)12-19-16(20)8-7-14-5-4-6-15(9-14)11-18/h4-9,13,21H,10,12H2,1-3H3,(H,19,20). The van der Waals surface area contributed by atoms with E-state index in [4.69, 9.17) is 5.26 Å². The molecule has 1 amide bonds. The van der Waals surface area contributed by atoms with Gasteiger partial charge in [0.1, 0.15) is 0 Å². The molecule has 0 aliphatic heterocycles. The minimum absolute atomic E-state index is 0.215. The predicted molar refractivity (Wildman–Crippen MR) is 83.3 cm³/mol. The van der Waals surface area contributed by atoms with E-state index in [1.54, 1.807) is 31.2 Å². The maximum absolute atomic E-state index is 11.7. The molecule has 1 rings (SSSR count). The molecule has 1 aromatic rings. The lowest BCUT2D eigenvalue weighted by Gasteiger charge is -2.25. The van der Waals surface area contributed by atoms with Gasteiger partial charge in [0, 0.05) is 12.6 Å². The maximum Gasteiger partial charge on any atom is 0.244 e. The number of hydrogen-bond acceptors (Lipinski definition) is 3. The second-order valence-electron chi connectivity index (χ2n) is 5.88. The summed E-state index contributed by atoms with van der Waals surface area (Å²) in [7, 11) is 0. The average molecular weight is 286 g/mol. The molecule has 0 fully saturated rings. The molecule has 4 nitrogen and oxygen atoms in total. The van der Waals surface area contributed by atoms with Gasteiger partial charge < -0.3 is 10.4 Å². The first kappa shape index (κ1) is 16.9. The molecule has 0 bridgehead atoms. The molecule has 4 heteroatoms. The van der Waals surface area contributed by atoms with Gasteiger partial charge in [0.15, 0.2) is 0 Å². The quantitative estimate of drug-likeness (QED) is 0.789. The van der Waals surface area contributed by atoms with Crippen molar-refractivity contribution >= 4 is 12.0 Å². The van der Waals surface area contributed by atoms with Gasteiger partial charge in [-0.15, -0.1) is 0 Å². The zero-order chi connectivity index (χ0) is 15.9. The highest BCUT2D eigenvalue weighted by Gasteiger charge is 2.21. The van der Waals surface area contributed by atoms with Gasteiger partial charge in [-0.25, -0.2) is 0 Å². The van der Waals surface area contributed by atoms with Crippen molar-refractivity contribution in [1.82, 2.24) is 5.32 Å². The zero-order valence-corrected chi connectivity index (χ0v) is 12.8. The van der Waals surface area contributed by atoms with Crippen LogP contribution in [0.4, 0.5) is 0 Å². The molecular formula is C17H22N2O2. The van der Waals surface area contributed by atoms with Gasteiger partial charge in [-0.3, -0.25) is 4.79 Å². The van der Waals surface area contributed by atoms with Crippen LogP contribution in [-0.4, -0.2) is 23.2 Å². The summed E-state index contributed by atoms with van der Waals surface area (Å²) in [6.07, 6.45) is 3.68. The number of nitriles is 1. The van der Waals surface area contributed by atoms with E-state index in [0.29, 0.717) is 17.9 Å². The minimum atomic E-state index is -0.904. The van der Waals surface area contributed by atoms with Crippen LogP contribution in [0.2, 0.25) is 0 Å². The molecule has 0 radical (unpaired) electrons. The normalized spacial score (nSPS) is 13.9. The highest BCUT2D eigenvalue weighted by Crippen LogP contribution is 2.15. The Morgan fingerprint density at radius 3 is 2.86 bits per heavy atom. The molecule has 0 spiro atoms. The van der Waals surface area contributed by atoms with Crippen LogP contribution in [0.1, 0.15) is 38.3 Å². The number of carbonyl (C=O) groups is 1. The van der Waals surface area contributed by atoms with Crippen molar-refractivity contribution in [2.24, 2.45) is 5.92 Å². The predicted octanol–water partition coefficient (Wildman–Crippen LogP) is 2.48. The first-order valence-corrected chi connectivity index (χ1v) is 7.01. The Morgan fingerprint density at radius 1 is 1.52 bits per heavy atom. The van der Waals surface area contributed by atoms with Gasteiger partial charge in [-0.05, 0) is 43.0 Å². The largest absolute Gasteiger partial charge is 0.388 e. The van der Waals surface area contributed by atoms with Crippen molar-refractivity contribution in [3.05, 3.63) is 41.5 Å². The number of aliphatic hydroxyl groups is 1. The Kier molecular flexibility index (Phi) is 6.13. The third kappa shape index (κ3) is 6.73. The molecule has 0 aliphatic rings. The number of carbonyl (C=O) groups excluding carboxylic acids is 1. The van der Waals surface area contributed by atoms with E-state index in [1.165, 1.54) is 6.08 Å². The molecular weight excluding hydrogens is 264 g/mol. The first-order chi connectivity index (χ1) is 9.82. The van der Waals surface area contributed by atoms with Crippen LogP contribution in [0.25, 0.3) is 6.08 Å².